The van der Waals surface area contributed by atoms with E-state index in [1.54, 1.807) is 0 Å². The third-order valence-corrected chi connectivity index (χ3v) is 4.49. The van der Waals surface area contributed by atoms with Gasteiger partial charge in [0.2, 0.25) is 0 Å². The Kier molecular flexibility index (Phi) is 14.4. The zero-order chi connectivity index (χ0) is 14.3. The highest BCUT2D eigenvalue weighted by molar-refractivity contribution is 4.57. The summed E-state index contributed by atoms with van der Waals surface area (Å²) in [6.07, 6.45) is 18.7. The molecule has 0 aliphatic rings. The van der Waals surface area contributed by atoms with E-state index in [0.29, 0.717) is 0 Å². The third-order valence-electron chi connectivity index (χ3n) is 4.49. The maximum atomic E-state index is 2.45. The standard InChI is InChI=1S/C19H40/c1-5-7-9-11-15-19(4)17-13-10-12-16-18(3)14-8-6-2/h18-19H,5-17H2,1-4H3. The van der Waals surface area contributed by atoms with Crippen LogP contribution in [-0.4, -0.2) is 0 Å². The fraction of sp³-hybridized carbons (Fsp3) is 1.00. The van der Waals surface area contributed by atoms with Crippen LogP contribution in [0.5, 0.6) is 0 Å². The molecule has 116 valence electrons. The van der Waals surface area contributed by atoms with E-state index < -0.39 is 0 Å². The summed E-state index contributed by atoms with van der Waals surface area (Å²) >= 11 is 0. The maximum absolute atomic E-state index is 2.45. The molecule has 0 nitrogen and oxygen atoms in total. The lowest BCUT2D eigenvalue weighted by atomic mass is 9.94. The second kappa shape index (κ2) is 14.4. The van der Waals surface area contributed by atoms with Gasteiger partial charge in [-0.15, -0.1) is 0 Å². The van der Waals surface area contributed by atoms with Gasteiger partial charge in [-0.25, -0.2) is 0 Å². The zero-order valence-electron chi connectivity index (χ0n) is 14.3. The van der Waals surface area contributed by atoms with Crippen LogP contribution in [0.3, 0.4) is 0 Å². The van der Waals surface area contributed by atoms with Crippen molar-refractivity contribution in [3.8, 4) is 0 Å². The van der Waals surface area contributed by atoms with Crippen LogP contribution in [0, 0.1) is 11.8 Å². The molecular formula is C19H40. The van der Waals surface area contributed by atoms with Gasteiger partial charge < -0.3 is 0 Å². The molecule has 0 bridgehead atoms. The van der Waals surface area contributed by atoms with E-state index in [2.05, 4.69) is 27.7 Å². The van der Waals surface area contributed by atoms with Gasteiger partial charge >= 0.3 is 0 Å². The van der Waals surface area contributed by atoms with Crippen molar-refractivity contribution in [3.63, 3.8) is 0 Å². The van der Waals surface area contributed by atoms with Gasteiger partial charge in [-0.2, -0.15) is 0 Å². The summed E-state index contributed by atoms with van der Waals surface area (Å²) in [5, 5.41) is 0. The fourth-order valence-corrected chi connectivity index (χ4v) is 2.92. The molecule has 2 atom stereocenters. The smallest absolute Gasteiger partial charge is 0.0443 e. The predicted octanol–water partition coefficient (Wildman–Crippen LogP) is 7.37. The van der Waals surface area contributed by atoms with Crippen molar-refractivity contribution in [2.75, 3.05) is 0 Å². The lowest BCUT2D eigenvalue weighted by Crippen LogP contribution is -1.97. The summed E-state index contributed by atoms with van der Waals surface area (Å²) < 4.78 is 0. The molecule has 19 heavy (non-hydrogen) atoms. The molecule has 0 saturated heterocycles. The Morgan fingerprint density at radius 3 is 1.26 bits per heavy atom. The second-order valence-corrected chi connectivity index (χ2v) is 6.84. The molecule has 0 fully saturated rings. The van der Waals surface area contributed by atoms with Gasteiger partial charge in [-0.3, -0.25) is 0 Å². The van der Waals surface area contributed by atoms with E-state index in [-0.39, 0.29) is 0 Å². The Balaban J connectivity index is 3.24. The average Bonchev–Trinajstić information content (AvgIpc) is 2.41. The van der Waals surface area contributed by atoms with E-state index in [9.17, 15) is 0 Å². The van der Waals surface area contributed by atoms with Crippen molar-refractivity contribution in [2.45, 2.75) is 111 Å². The van der Waals surface area contributed by atoms with Gasteiger partial charge in [0.15, 0.2) is 0 Å². The SMILES string of the molecule is CCCCCCC(C)CCCCCC(C)CCCC. The minimum Gasteiger partial charge on any atom is -0.0654 e. The van der Waals surface area contributed by atoms with Crippen molar-refractivity contribution >= 4 is 0 Å². The average molecular weight is 269 g/mol. The monoisotopic (exact) mass is 268 g/mol. The van der Waals surface area contributed by atoms with Crippen LogP contribution < -0.4 is 0 Å². The van der Waals surface area contributed by atoms with Crippen LogP contribution in [-0.2, 0) is 0 Å². The van der Waals surface area contributed by atoms with Crippen LogP contribution >= 0.6 is 0 Å². The predicted molar refractivity (Wildman–Crippen MR) is 89.7 cm³/mol. The number of hydrogen-bond donors (Lipinski definition) is 0. The van der Waals surface area contributed by atoms with Crippen LogP contribution in [0.1, 0.15) is 111 Å². The van der Waals surface area contributed by atoms with Crippen molar-refractivity contribution in [1.82, 2.24) is 0 Å². The molecule has 0 aliphatic heterocycles. The molecule has 0 aliphatic carbocycles. The first-order valence-corrected chi connectivity index (χ1v) is 9.20. The lowest BCUT2D eigenvalue weighted by molar-refractivity contribution is 0.412. The highest BCUT2D eigenvalue weighted by atomic mass is 14.1. The topological polar surface area (TPSA) is 0 Å². The first kappa shape index (κ1) is 19.0. The van der Waals surface area contributed by atoms with Crippen molar-refractivity contribution < 1.29 is 0 Å². The fourth-order valence-electron chi connectivity index (χ4n) is 2.92. The summed E-state index contributed by atoms with van der Waals surface area (Å²) in [7, 11) is 0. The van der Waals surface area contributed by atoms with E-state index >= 15 is 0 Å². The van der Waals surface area contributed by atoms with Gasteiger partial charge in [0, 0.05) is 0 Å². The molecule has 0 amide bonds. The first-order chi connectivity index (χ1) is 9.20. The van der Waals surface area contributed by atoms with Crippen molar-refractivity contribution in [3.05, 3.63) is 0 Å². The molecule has 0 rings (SSSR count). The van der Waals surface area contributed by atoms with Crippen LogP contribution in [0.2, 0.25) is 0 Å². The van der Waals surface area contributed by atoms with Gasteiger partial charge in [-0.05, 0) is 11.8 Å². The Labute approximate surface area is 123 Å². The van der Waals surface area contributed by atoms with Gasteiger partial charge in [0.05, 0.1) is 0 Å². The normalized spacial score (nSPS) is 14.5. The summed E-state index contributed by atoms with van der Waals surface area (Å²) in [4.78, 5) is 0. The number of unbranched alkanes of at least 4 members (excludes halogenated alkanes) is 6. The Bertz CT molecular complexity index is 161. The number of hydrogen-bond acceptors (Lipinski definition) is 0. The van der Waals surface area contributed by atoms with Crippen LogP contribution in [0.15, 0.2) is 0 Å². The van der Waals surface area contributed by atoms with Gasteiger partial charge in [0.1, 0.15) is 0 Å². The molecule has 2 unspecified atom stereocenters. The second-order valence-electron chi connectivity index (χ2n) is 6.84. The van der Waals surface area contributed by atoms with E-state index in [0.717, 1.165) is 11.8 Å². The minimum absolute atomic E-state index is 0.964. The zero-order valence-corrected chi connectivity index (χ0v) is 14.3. The number of rotatable bonds is 14. The molecule has 0 radical (unpaired) electrons. The molecule has 0 saturated carbocycles. The summed E-state index contributed by atoms with van der Waals surface area (Å²) in [5.74, 6) is 1.93. The Morgan fingerprint density at radius 1 is 0.474 bits per heavy atom. The van der Waals surface area contributed by atoms with E-state index in [1.165, 1.54) is 83.5 Å². The molecular weight excluding hydrogens is 228 g/mol. The molecule has 0 N–H and O–H groups in total. The maximum Gasteiger partial charge on any atom is -0.0443 e. The summed E-state index contributed by atoms with van der Waals surface area (Å²) in [6, 6.07) is 0. The summed E-state index contributed by atoms with van der Waals surface area (Å²) in [5.41, 5.74) is 0. The highest BCUT2D eigenvalue weighted by Gasteiger charge is 2.04. The highest BCUT2D eigenvalue weighted by Crippen LogP contribution is 2.20. The van der Waals surface area contributed by atoms with Crippen molar-refractivity contribution in [2.24, 2.45) is 11.8 Å². The van der Waals surface area contributed by atoms with Crippen LogP contribution in [0.25, 0.3) is 0 Å². The first-order valence-electron chi connectivity index (χ1n) is 9.20. The molecule has 0 aromatic heterocycles. The van der Waals surface area contributed by atoms with Gasteiger partial charge in [0.25, 0.3) is 0 Å². The lowest BCUT2D eigenvalue weighted by Gasteiger charge is -2.12. The van der Waals surface area contributed by atoms with Crippen LogP contribution in [0.4, 0.5) is 0 Å². The molecule has 0 spiro atoms. The summed E-state index contributed by atoms with van der Waals surface area (Å²) in [6.45, 7) is 9.49. The van der Waals surface area contributed by atoms with E-state index in [4.69, 9.17) is 0 Å². The largest absolute Gasteiger partial charge is 0.0654 e. The molecule has 0 aromatic rings. The third kappa shape index (κ3) is 14.2. The Hall–Kier alpha value is 0. The quantitative estimate of drug-likeness (QED) is 0.288. The van der Waals surface area contributed by atoms with Crippen molar-refractivity contribution in [1.29, 1.82) is 0 Å². The molecule has 0 heterocycles. The molecule has 0 heteroatoms. The van der Waals surface area contributed by atoms with E-state index in [1.807, 2.05) is 0 Å². The van der Waals surface area contributed by atoms with Gasteiger partial charge in [-0.1, -0.05) is 111 Å². The minimum atomic E-state index is 0.964. The Morgan fingerprint density at radius 2 is 0.842 bits per heavy atom. The molecule has 0 aromatic carbocycles.